The Hall–Kier alpha value is -1.18. The summed E-state index contributed by atoms with van der Waals surface area (Å²) in [6.07, 6.45) is 5.35. The van der Waals surface area contributed by atoms with Crippen LogP contribution >= 0.6 is 0 Å². The zero-order chi connectivity index (χ0) is 14.8. The summed E-state index contributed by atoms with van der Waals surface area (Å²) in [5, 5.41) is 22.8. The predicted octanol–water partition coefficient (Wildman–Crippen LogP) is -0.568. The van der Waals surface area contributed by atoms with Crippen LogP contribution in [0.5, 0.6) is 0 Å². The van der Waals surface area contributed by atoms with E-state index in [-0.39, 0.29) is 38.9 Å². The molecule has 0 aromatic heterocycles. The Morgan fingerprint density at radius 2 is 1.65 bits per heavy atom. The molecule has 7 nitrogen and oxygen atoms in total. The fourth-order valence-corrected chi connectivity index (χ4v) is 2.39. The van der Waals surface area contributed by atoms with Crippen molar-refractivity contribution in [1.82, 2.24) is 15.5 Å². The van der Waals surface area contributed by atoms with Gasteiger partial charge in [-0.25, -0.2) is 4.79 Å². The summed E-state index contributed by atoms with van der Waals surface area (Å²) in [7, 11) is 0. The largest absolute Gasteiger partial charge is 0.395 e. The third kappa shape index (κ3) is 6.83. The molecule has 0 spiro atoms. The van der Waals surface area contributed by atoms with Crippen LogP contribution < -0.4 is 10.6 Å². The smallest absolute Gasteiger partial charge is 0.321 e. The lowest BCUT2D eigenvalue weighted by Gasteiger charge is -2.23. The first-order valence-electron chi connectivity index (χ1n) is 7.20. The average Bonchev–Trinajstić information content (AvgIpc) is 2.40. The van der Waals surface area contributed by atoms with E-state index in [1.807, 2.05) is 0 Å². The van der Waals surface area contributed by atoms with E-state index in [2.05, 4.69) is 10.6 Å². The van der Waals surface area contributed by atoms with E-state index in [0.717, 1.165) is 25.7 Å². The van der Waals surface area contributed by atoms with Crippen molar-refractivity contribution in [3.63, 3.8) is 0 Å². The number of nitrogens with zero attached hydrogens (tertiary/aromatic N) is 1. The topological polar surface area (TPSA) is 102 Å². The first-order valence-corrected chi connectivity index (χ1v) is 7.20. The summed E-state index contributed by atoms with van der Waals surface area (Å²) < 4.78 is 0. The molecule has 0 unspecified atom stereocenters. The molecule has 0 heterocycles. The molecule has 0 aliphatic heterocycles. The van der Waals surface area contributed by atoms with E-state index < -0.39 is 11.9 Å². The summed E-state index contributed by atoms with van der Waals surface area (Å²) in [5.41, 5.74) is 0. The van der Waals surface area contributed by atoms with Gasteiger partial charge in [0.15, 0.2) is 0 Å². The molecule has 0 saturated heterocycles. The summed E-state index contributed by atoms with van der Waals surface area (Å²) in [5.74, 6) is -0.430. The highest BCUT2D eigenvalue weighted by Gasteiger charge is 2.17. The minimum atomic E-state index is -0.463. The molecule has 3 amide bonds. The summed E-state index contributed by atoms with van der Waals surface area (Å²) in [6, 6.07) is -0.308. The molecule has 1 saturated carbocycles. The van der Waals surface area contributed by atoms with E-state index in [4.69, 9.17) is 10.2 Å². The number of aliphatic hydroxyl groups is 2. The molecule has 0 bridgehead atoms. The second-order valence-electron chi connectivity index (χ2n) is 5.08. The predicted molar refractivity (Wildman–Crippen MR) is 74.2 cm³/mol. The zero-order valence-electron chi connectivity index (χ0n) is 11.8. The third-order valence-corrected chi connectivity index (χ3v) is 3.39. The van der Waals surface area contributed by atoms with Gasteiger partial charge < -0.3 is 15.5 Å². The number of rotatable bonds is 7. The van der Waals surface area contributed by atoms with Crippen molar-refractivity contribution in [3.8, 4) is 0 Å². The van der Waals surface area contributed by atoms with E-state index in [9.17, 15) is 9.59 Å². The van der Waals surface area contributed by atoms with E-state index in [0.29, 0.717) is 0 Å². The first kappa shape index (κ1) is 16.9. The molecule has 1 aliphatic rings. The quantitative estimate of drug-likeness (QED) is 0.502. The lowest BCUT2D eigenvalue weighted by Crippen LogP contribution is -2.48. The number of amides is 3. The molecule has 0 atom stereocenters. The van der Waals surface area contributed by atoms with E-state index in [1.165, 1.54) is 6.42 Å². The number of urea groups is 1. The standard InChI is InChI=1S/C13H25N3O4/c17-8-6-16(7-9-18)10-12(19)15-13(20)14-11-4-2-1-3-5-11/h11,17-18H,1-10H2,(H2,14,15,19,20). The van der Waals surface area contributed by atoms with Crippen molar-refractivity contribution in [1.29, 1.82) is 0 Å². The van der Waals surface area contributed by atoms with Gasteiger partial charge in [0.1, 0.15) is 0 Å². The van der Waals surface area contributed by atoms with Crippen molar-refractivity contribution in [3.05, 3.63) is 0 Å². The van der Waals surface area contributed by atoms with Crippen LogP contribution in [0.3, 0.4) is 0 Å². The minimum Gasteiger partial charge on any atom is -0.395 e. The van der Waals surface area contributed by atoms with Gasteiger partial charge in [0, 0.05) is 19.1 Å². The monoisotopic (exact) mass is 287 g/mol. The highest BCUT2D eigenvalue weighted by molar-refractivity contribution is 5.95. The molecule has 20 heavy (non-hydrogen) atoms. The van der Waals surface area contributed by atoms with Crippen LogP contribution in [0.4, 0.5) is 4.79 Å². The molecular formula is C13H25N3O4. The van der Waals surface area contributed by atoms with Gasteiger partial charge in [-0.05, 0) is 12.8 Å². The van der Waals surface area contributed by atoms with Gasteiger partial charge in [0.25, 0.3) is 0 Å². The van der Waals surface area contributed by atoms with E-state index in [1.54, 1.807) is 4.90 Å². The number of aliphatic hydroxyl groups excluding tert-OH is 2. The molecule has 1 fully saturated rings. The SMILES string of the molecule is O=C(CN(CCO)CCO)NC(=O)NC1CCCCC1. The van der Waals surface area contributed by atoms with Crippen LogP contribution in [0, 0.1) is 0 Å². The Kier molecular flexibility index (Phi) is 8.17. The van der Waals surface area contributed by atoms with Crippen molar-refractivity contribution in [2.75, 3.05) is 32.8 Å². The maximum Gasteiger partial charge on any atom is 0.321 e. The molecular weight excluding hydrogens is 262 g/mol. The van der Waals surface area contributed by atoms with Crippen LogP contribution in [0.25, 0.3) is 0 Å². The maximum atomic E-state index is 11.7. The van der Waals surface area contributed by atoms with Crippen LogP contribution in [-0.4, -0.2) is 65.9 Å². The van der Waals surface area contributed by atoms with Gasteiger partial charge in [0.05, 0.1) is 19.8 Å². The van der Waals surface area contributed by atoms with Crippen LogP contribution in [0.1, 0.15) is 32.1 Å². The Morgan fingerprint density at radius 3 is 2.20 bits per heavy atom. The molecule has 0 radical (unpaired) electrons. The van der Waals surface area contributed by atoms with Crippen molar-refractivity contribution >= 4 is 11.9 Å². The Balaban J connectivity index is 2.26. The summed E-state index contributed by atoms with van der Waals surface area (Å²) in [6.45, 7) is 0.374. The van der Waals surface area contributed by atoms with Crippen LogP contribution in [0.2, 0.25) is 0 Å². The molecule has 4 N–H and O–H groups in total. The number of hydrogen-bond donors (Lipinski definition) is 4. The van der Waals surface area contributed by atoms with Gasteiger partial charge in [-0.1, -0.05) is 19.3 Å². The molecule has 0 aromatic rings. The molecule has 0 aromatic carbocycles. The number of hydrogen-bond acceptors (Lipinski definition) is 5. The normalized spacial score (nSPS) is 16.1. The summed E-state index contributed by atoms with van der Waals surface area (Å²) in [4.78, 5) is 24.9. The second-order valence-corrected chi connectivity index (χ2v) is 5.08. The molecule has 1 aliphatic carbocycles. The Labute approximate surface area is 119 Å². The van der Waals surface area contributed by atoms with Gasteiger partial charge in [-0.2, -0.15) is 0 Å². The van der Waals surface area contributed by atoms with Crippen molar-refractivity contribution < 1.29 is 19.8 Å². The van der Waals surface area contributed by atoms with Gasteiger partial charge >= 0.3 is 6.03 Å². The molecule has 1 rings (SSSR count). The number of nitrogens with one attached hydrogen (secondary N) is 2. The number of carbonyl (C=O) groups excluding carboxylic acids is 2. The molecule has 116 valence electrons. The lowest BCUT2D eigenvalue weighted by atomic mass is 9.96. The van der Waals surface area contributed by atoms with Crippen molar-refractivity contribution in [2.24, 2.45) is 0 Å². The lowest BCUT2D eigenvalue weighted by molar-refractivity contribution is -0.121. The third-order valence-electron chi connectivity index (χ3n) is 3.39. The van der Waals surface area contributed by atoms with Crippen LogP contribution in [-0.2, 0) is 4.79 Å². The van der Waals surface area contributed by atoms with Crippen molar-refractivity contribution in [2.45, 2.75) is 38.1 Å². The Bertz CT molecular complexity index is 300. The summed E-state index contributed by atoms with van der Waals surface area (Å²) >= 11 is 0. The number of carbonyl (C=O) groups is 2. The average molecular weight is 287 g/mol. The second kappa shape index (κ2) is 9.68. The highest BCUT2D eigenvalue weighted by atomic mass is 16.3. The van der Waals surface area contributed by atoms with Gasteiger partial charge in [0.2, 0.25) is 5.91 Å². The number of imide groups is 1. The fraction of sp³-hybridized carbons (Fsp3) is 0.846. The van der Waals surface area contributed by atoms with Gasteiger partial charge in [-0.3, -0.25) is 15.0 Å². The zero-order valence-corrected chi connectivity index (χ0v) is 11.8. The molecule has 7 heteroatoms. The maximum absolute atomic E-state index is 11.7. The van der Waals surface area contributed by atoms with Gasteiger partial charge in [-0.15, -0.1) is 0 Å². The van der Waals surface area contributed by atoms with E-state index >= 15 is 0 Å². The highest BCUT2D eigenvalue weighted by Crippen LogP contribution is 2.17. The Morgan fingerprint density at radius 1 is 1.05 bits per heavy atom. The van der Waals surface area contributed by atoms with Crippen LogP contribution in [0.15, 0.2) is 0 Å². The minimum absolute atomic E-state index is 0.0147. The fourth-order valence-electron chi connectivity index (χ4n) is 2.39. The first-order chi connectivity index (χ1) is 9.65.